The third-order valence-corrected chi connectivity index (χ3v) is 2.63. The molecule has 3 N–H and O–H groups in total. The number of nitrogens with one attached hydrogen (secondary N) is 1. The predicted molar refractivity (Wildman–Crippen MR) is 74.2 cm³/mol. The molecule has 1 amide bonds. The van der Waals surface area contributed by atoms with Crippen LogP contribution in [0.3, 0.4) is 0 Å². The van der Waals surface area contributed by atoms with E-state index in [0.29, 0.717) is 12.3 Å². The smallest absolute Gasteiger partial charge is 0.287 e. The average molecular weight is 269 g/mol. The van der Waals surface area contributed by atoms with Gasteiger partial charge in [-0.25, -0.2) is 0 Å². The van der Waals surface area contributed by atoms with Gasteiger partial charge in [0.15, 0.2) is 5.76 Å². The number of carbonyl (C=O) groups excluding carboxylic acids is 1. The molecule has 5 heteroatoms. The SMILES string of the molecule is Cc1ccc2oc(C(=O)N[C@H](C)CN)cc2c1.Cl. The minimum atomic E-state index is -0.225. The monoisotopic (exact) mass is 268 g/mol. The van der Waals surface area contributed by atoms with Crippen molar-refractivity contribution in [2.45, 2.75) is 19.9 Å². The molecule has 1 heterocycles. The predicted octanol–water partition coefficient (Wildman–Crippen LogP) is 2.24. The van der Waals surface area contributed by atoms with Gasteiger partial charge >= 0.3 is 0 Å². The van der Waals surface area contributed by atoms with Gasteiger partial charge in [0, 0.05) is 18.0 Å². The zero-order valence-electron chi connectivity index (χ0n) is 10.4. The molecule has 2 rings (SSSR count). The number of aryl methyl sites for hydroxylation is 1. The summed E-state index contributed by atoms with van der Waals surface area (Å²) in [6.07, 6.45) is 0. The molecule has 18 heavy (non-hydrogen) atoms. The largest absolute Gasteiger partial charge is 0.451 e. The molecule has 1 atom stereocenters. The summed E-state index contributed by atoms with van der Waals surface area (Å²) in [5.41, 5.74) is 7.31. The Morgan fingerprint density at radius 2 is 2.17 bits per heavy atom. The van der Waals surface area contributed by atoms with Crippen LogP contribution in [0.4, 0.5) is 0 Å². The van der Waals surface area contributed by atoms with Crippen molar-refractivity contribution < 1.29 is 9.21 Å². The molecule has 4 nitrogen and oxygen atoms in total. The fourth-order valence-electron chi connectivity index (χ4n) is 1.63. The molecular formula is C13H17ClN2O2. The Hall–Kier alpha value is -1.52. The van der Waals surface area contributed by atoms with Gasteiger partial charge in [-0.2, -0.15) is 0 Å². The summed E-state index contributed by atoms with van der Waals surface area (Å²) in [6.45, 7) is 4.26. The highest BCUT2D eigenvalue weighted by Crippen LogP contribution is 2.20. The first kappa shape index (κ1) is 14.5. The van der Waals surface area contributed by atoms with Gasteiger partial charge < -0.3 is 15.5 Å². The molecule has 98 valence electrons. The normalized spacial score (nSPS) is 11.9. The second-order valence-electron chi connectivity index (χ2n) is 4.26. The third kappa shape index (κ3) is 3.03. The van der Waals surface area contributed by atoms with Crippen molar-refractivity contribution in [1.82, 2.24) is 5.32 Å². The Balaban J connectivity index is 0.00000162. The number of furan rings is 1. The first-order valence-electron chi connectivity index (χ1n) is 5.61. The lowest BCUT2D eigenvalue weighted by atomic mass is 10.2. The number of fused-ring (bicyclic) bond motifs is 1. The zero-order valence-corrected chi connectivity index (χ0v) is 11.2. The van der Waals surface area contributed by atoms with Crippen molar-refractivity contribution >= 4 is 29.3 Å². The highest BCUT2D eigenvalue weighted by atomic mass is 35.5. The number of hydrogen-bond donors (Lipinski definition) is 2. The molecule has 0 aliphatic heterocycles. The number of nitrogens with two attached hydrogens (primary N) is 1. The van der Waals surface area contributed by atoms with Crippen LogP contribution in [0.15, 0.2) is 28.7 Å². The van der Waals surface area contributed by atoms with Crippen molar-refractivity contribution in [3.63, 3.8) is 0 Å². The minimum Gasteiger partial charge on any atom is -0.451 e. The van der Waals surface area contributed by atoms with Crippen LogP contribution in [0.5, 0.6) is 0 Å². The van der Waals surface area contributed by atoms with Crippen molar-refractivity contribution in [2.75, 3.05) is 6.54 Å². The Morgan fingerprint density at radius 1 is 1.44 bits per heavy atom. The fraction of sp³-hybridized carbons (Fsp3) is 0.308. The Morgan fingerprint density at radius 3 is 2.83 bits per heavy atom. The van der Waals surface area contributed by atoms with E-state index >= 15 is 0 Å². The summed E-state index contributed by atoms with van der Waals surface area (Å²) in [5, 5.41) is 3.70. The van der Waals surface area contributed by atoms with Crippen LogP contribution in [0.25, 0.3) is 11.0 Å². The maximum atomic E-state index is 11.8. The van der Waals surface area contributed by atoms with Crippen LogP contribution in [-0.2, 0) is 0 Å². The van der Waals surface area contributed by atoms with Gasteiger partial charge in [0.2, 0.25) is 0 Å². The van der Waals surface area contributed by atoms with E-state index < -0.39 is 0 Å². The molecule has 0 spiro atoms. The summed E-state index contributed by atoms with van der Waals surface area (Å²) in [7, 11) is 0. The van der Waals surface area contributed by atoms with E-state index in [1.807, 2.05) is 32.0 Å². The molecule has 0 saturated carbocycles. The van der Waals surface area contributed by atoms with Crippen LogP contribution in [0.1, 0.15) is 23.0 Å². The van der Waals surface area contributed by atoms with Gasteiger partial charge in [-0.05, 0) is 32.0 Å². The maximum Gasteiger partial charge on any atom is 0.287 e. The van der Waals surface area contributed by atoms with Gasteiger partial charge in [-0.3, -0.25) is 4.79 Å². The minimum absolute atomic E-state index is 0. The Bertz CT molecular complexity index is 551. The van der Waals surface area contributed by atoms with E-state index in [4.69, 9.17) is 10.2 Å². The van der Waals surface area contributed by atoms with E-state index in [1.54, 1.807) is 6.07 Å². The molecule has 0 saturated heterocycles. The van der Waals surface area contributed by atoms with E-state index in [-0.39, 0.29) is 24.4 Å². The number of hydrogen-bond acceptors (Lipinski definition) is 3. The molecule has 2 aromatic rings. The van der Waals surface area contributed by atoms with Crippen molar-refractivity contribution in [2.24, 2.45) is 5.73 Å². The van der Waals surface area contributed by atoms with Crippen molar-refractivity contribution in [3.05, 3.63) is 35.6 Å². The lowest BCUT2D eigenvalue weighted by molar-refractivity contribution is 0.0915. The lowest BCUT2D eigenvalue weighted by Crippen LogP contribution is -2.37. The van der Waals surface area contributed by atoms with Crippen LogP contribution < -0.4 is 11.1 Å². The second-order valence-corrected chi connectivity index (χ2v) is 4.26. The van der Waals surface area contributed by atoms with Crippen molar-refractivity contribution in [3.8, 4) is 0 Å². The molecule has 0 aliphatic rings. The first-order valence-corrected chi connectivity index (χ1v) is 5.61. The summed E-state index contributed by atoms with van der Waals surface area (Å²) >= 11 is 0. The fourth-order valence-corrected chi connectivity index (χ4v) is 1.63. The maximum absolute atomic E-state index is 11.8. The number of amides is 1. The van der Waals surface area contributed by atoms with E-state index in [9.17, 15) is 4.79 Å². The van der Waals surface area contributed by atoms with Gasteiger partial charge in [0.1, 0.15) is 5.58 Å². The van der Waals surface area contributed by atoms with E-state index in [0.717, 1.165) is 16.5 Å². The topological polar surface area (TPSA) is 68.3 Å². The van der Waals surface area contributed by atoms with Crippen LogP contribution in [-0.4, -0.2) is 18.5 Å². The quantitative estimate of drug-likeness (QED) is 0.897. The van der Waals surface area contributed by atoms with E-state index in [1.165, 1.54) is 0 Å². The van der Waals surface area contributed by atoms with Gasteiger partial charge in [-0.15, -0.1) is 12.4 Å². The lowest BCUT2D eigenvalue weighted by Gasteiger charge is -2.08. The summed E-state index contributed by atoms with van der Waals surface area (Å²) in [6, 6.07) is 7.50. The summed E-state index contributed by atoms with van der Waals surface area (Å²) < 4.78 is 5.48. The average Bonchev–Trinajstić information content (AvgIpc) is 2.71. The summed E-state index contributed by atoms with van der Waals surface area (Å²) in [4.78, 5) is 11.8. The molecule has 0 aliphatic carbocycles. The van der Waals surface area contributed by atoms with Crippen LogP contribution in [0.2, 0.25) is 0 Å². The molecule has 1 aromatic carbocycles. The van der Waals surface area contributed by atoms with Gasteiger partial charge in [0.25, 0.3) is 5.91 Å². The van der Waals surface area contributed by atoms with Crippen LogP contribution >= 0.6 is 12.4 Å². The van der Waals surface area contributed by atoms with Gasteiger partial charge in [0.05, 0.1) is 0 Å². The number of benzene rings is 1. The third-order valence-electron chi connectivity index (χ3n) is 2.63. The highest BCUT2D eigenvalue weighted by molar-refractivity contribution is 5.96. The Labute approximate surface area is 112 Å². The highest BCUT2D eigenvalue weighted by Gasteiger charge is 2.13. The van der Waals surface area contributed by atoms with E-state index in [2.05, 4.69) is 5.32 Å². The first-order chi connectivity index (χ1) is 8.10. The molecule has 0 radical (unpaired) electrons. The molecule has 0 unspecified atom stereocenters. The number of carbonyl (C=O) groups is 1. The number of halogens is 1. The number of rotatable bonds is 3. The second kappa shape index (κ2) is 5.89. The van der Waals surface area contributed by atoms with Crippen molar-refractivity contribution in [1.29, 1.82) is 0 Å². The summed E-state index contributed by atoms with van der Waals surface area (Å²) in [5.74, 6) is 0.0997. The van der Waals surface area contributed by atoms with Gasteiger partial charge in [-0.1, -0.05) is 11.6 Å². The zero-order chi connectivity index (χ0) is 12.4. The molecule has 0 fully saturated rings. The molecule has 0 bridgehead atoms. The molecular weight excluding hydrogens is 252 g/mol. The Kier molecular flexibility index (Phi) is 4.76. The standard InChI is InChI=1S/C13H16N2O2.ClH/c1-8-3-4-11-10(5-8)6-12(17-11)13(16)15-9(2)7-14;/h3-6,9H,7,14H2,1-2H3,(H,15,16);1H/t9-;/m1./s1. The molecule has 1 aromatic heterocycles. The van der Waals surface area contributed by atoms with Crippen LogP contribution in [0, 0.1) is 6.92 Å².